The van der Waals surface area contributed by atoms with E-state index in [-0.39, 0.29) is 0 Å². The molecule has 112 valence electrons. The predicted molar refractivity (Wildman–Crippen MR) is 88.1 cm³/mol. The number of hydrogen-bond donors (Lipinski definition) is 0. The minimum absolute atomic E-state index is 0.486. The fraction of sp³-hybridized carbons (Fsp3) is 0.158. The molecule has 1 fully saturated rings. The molecule has 0 saturated heterocycles. The van der Waals surface area contributed by atoms with E-state index in [1.807, 2.05) is 47.0 Å². The number of pyridine rings is 1. The highest BCUT2D eigenvalue weighted by Crippen LogP contribution is 2.47. The largest absolute Gasteiger partial charge is 0.360 e. The Kier molecular flexibility index (Phi) is 2.65. The molecule has 0 bridgehead atoms. The Bertz CT molecular complexity index is 947. The summed E-state index contributed by atoms with van der Waals surface area (Å²) in [6, 6.07) is 16.2. The molecule has 23 heavy (non-hydrogen) atoms. The quantitative estimate of drug-likeness (QED) is 0.558. The zero-order valence-corrected chi connectivity index (χ0v) is 12.5. The second kappa shape index (κ2) is 4.81. The summed E-state index contributed by atoms with van der Waals surface area (Å²) in [4.78, 5) is 4.78. The van der Waals surface area contributed by atoms with Gasteiger partial charge in [0.1, 0.15) is 17.1 Å². The van der Waals surface area contributed by atoms with E-state index in [2.05, 4.69) is 23.5 Å². The van der Waals surface area contributed by atoms with Crippen LogP contribution in [0.15, 0.2) is 65.4 Å². The van der Waals surface area contributed by atoms with E-state index in [0.29, 0.717) is 5.92 Å². The van der Waals surface area contributed by atoms with E-state index in [1.165, 1.54) is 12.8 Å². The van der Waals surface area contributed by atoms with Gasteiger partial charge in [-0.3, -0.25) is 0 Å². The van der Waals surface area contributed by atoms with Crippen molar-refractivity contribution >= 4 is 5.65 Å². The lowest BCUT2D eigenvalue weighted by Crippen LogP contribution is -1.86. The zero-order chi connectivity index (χ0) is 15.2. The fourth-order valence-corrected chi connectivity index (χ4v) is 3.02. The van der Waals surface area contributed by atoms with E-state index in [1.54, 1.807) is 0 Å². The molecule has 0 unspecified atom stereocenters. The first-order valence-electron chi connectivity index (χ1n) is 7.89. The van der Waals surface area contributed by atoms with Gasteiger partial charge >= 0.3 is 0 Å². The molecule has 1 aromatic carbocycles. The van der Waals surface area contributed by atoms with Crippen LogP contribution in [0.2, 0.25) is 0 Å². The van der Waals surface area contributed by atoms with Gasteiger partial charge in [-0.25, -0.2) is 4.98 Å². The Morgan fingerprint density at radius 2 is 1.83 bits per heavy atom. The van der Waals surface area contributed by atoms with Crippen LogP contribution in [-0.4, -0.2) is 14.5 Å². The molecule has 0 N–H and O–H groups in total. The SMILES string of the molecule is c1ccc(-c2noc(C3CC3)c2-c2cn3ccccc3n2)cc1. The highest BCUT2D eigenvalue weighted by atomic mass is 16.5. The van der Waals surface area contributed by atoms with Gasteiger partial charge in [0.05, 0.1) is 11.3 Å². The third kappa shape index (κ3) is 2.06. The average Bonchev–Trinajstić information content (AvgIpc) is 3.21. The van der Waals surface area contributed by atoms with Crippen LogP contribution in [0.25, 0.3) is 28.2 Å². The molecule has 1 aliphatic carbocycles. The molecule has 0 radical (unpaired) electrons. The highest BCUT2D eigenvalue weighted by Gasteiger charge is 2.34. The van der Waals surface area contributed by atoms with Crippen molar-refractivity contribution in [3.8, 4) is 22.5 Å². The Morgan fingerprint density at radius 1 is 1.00 bits per heavy atom. The van der Waals surface area contributed by atoms with Crippen LogP contribution in [0.3, 0.4) is 0 Å². The van der Waals surface area contributed by atoms with Crippen molar-refractivity contribution in [3.05, 3.63) is 66.7 Å². The first kappa shape index (κ1) is 12.6. The smallest absolute Gasteiger partial charge is 0.149 e. The summed E-state index contributed by atoms with van der Waals surface area (Å²) in [5, 5.41) is 4.37. The Hall–Kier alpha value is -2.88. The van der Waals surface area contributed by atoms with Crippen molar-refractivity contribution in [2.24, 2.45) is 0 Å². The van der Waals surface area contributed by atoms with Crippen molar-refractivity contribution in [1.29, 1.82) is 0 Å². The molecule has 3 heterocycles. The van der Waals surface area contributed by atoms with Crippen molar-refractivity contribution in [2.45, 2.75) is 18.8 Å². The van der Waals surface area contributed by atoms with Crippen molar-refractivity contribution in [1.82, 2.24) is 14.5 Å². The molecule has 1 aliphatic rings. The fourth-order valence-electron chi connectivity index (χ4n) is 3.02. The Balaban J connectivity index is 1.75. The van der Waals surface area contributed by atoms with Crippen LogP contribution < -0.4 is 0 Å². The second-order valence-corrected chi connectivity index (χ2v) is 6.00. The Morgan fingerprint density at radius 3 is 2.61 bits per heavy atom. The maximum Gasteiger partial charge on any atom is 0.149 e. The molecule has 0 spiro atoms. The van der Waals surface area contributed by atoms with Crippen molar-refractivity contribution < 1.29 is 4.52 Å². The summed E-state index contributed by atoms with van der Waals surface area (Å²) in [7, 11) is 0. The maximum atomic E-state index is 5.73. The van der Waals surface area contributed by atoms with E-state index in [4.69, 9.17) is 9.51 Å². The first-order valence-corrected chi connectivity index (χ1v) is 7.89. The lowest BCUT2D eigenvalue weighted by Gasteiger charge is -2.00. The number of nitrogens with zero attached hydrogens (tertiary/aromatic N) is 3. The van der Waals surface area contributed by atoms with E-state index >= 15 is 0 Å². The molecule has 3 aromatic heterocycles. The number of aromatic nitrogens is 3. The molecule has 4 nitrogen and oxygen atoms in total. The van der Waals surface area contributed by atoms with E-state index in [0.717, 1.165) is 33.9 Å². The zero-order valence-electron chi connectivity index (χ0n) is 12.5. The van der Waals surface area contributed by atoms with Gasteiger partial charge < -0.3 is 8.92 Å². The lowest BCUT2D eigenvalue weighted by atomic mass is 10.0. The summed E-state index contributed by atoms with van der Waals surface area (Å²) in [6.45, 7) is 0. The number of hydrogen-bond acceptors (Lipinski definition) is 3. The monoisotopic (exact) mass is 301 g/mol. The minimum atomic E-state index is 0.486. The van der Waals surface area contributed by atoms with Crippen LogP contribution in [0.4, 0.5) is 0 Å². The minimum Gasteiger partial charge on any atom is -0.360 e. The van der Waals surface area contributed by atoms with Crippen LogP contribution in [0.5, 0.6) is 0 Å². The van der Waals surface area contributed by atoms with Gasteiger partial charge in [0, 0.05) is 23.9 Å². The standard InChI is InChI=1S/C19H15N3O/c1-2-6-13(7-3-1)18-17(19(23-21-18)14-9-10-14)15-12-22-11-5-4-8-16(22)20-15/h1-8,11-12,14H,9-10H2. The lowest BCUT2D eigenvalue weighted by molar-refractivity contribution is 0.387. The van der Waals surface area contributed by atoms with E-state index in [9.17, 15) is 0 Å². The molecule has 0 amide bonds. The predicted octanol–water partition coefficient (Wildman–Crippen LogP) is 4.53. The van der Waals surface area contributed by atoms with Crippen LogP contribution in [0.1, 0.15) is 24.5 Å². The van der Waals surface area contributed by atoms with Crippen LogP contribution in [-0.2, 0) is 0 Å². The Labute approximate surface area is 133 Å². The number of fused-ring (bicyclic) bond motifs is 1. The number of rotatable bonds is 3. The van der Waals surface area contributed by atoms with Gasteiger partial charge in [-0.1, -0.05) is 41.6 Å². The molecular weight excluding hydrogens is 286 g/mol. The third-order valence-corrected chi connectivity index (χ3v) is 4.33. The van der Waals surface area contributed by atoms with Gasteiger partial charge in [-0.2, -0.15) is 0 Å². The maximum absolute atomic E-state index is 5.73. The van der Waals surface area contributed by atoms with Gasteiger partial charge in [-0.15, -0.1) is 0 Å². The van der Waals surface area contributed by atoms with Gasteiger partial charge in [0.2, 0.25) is 0 Å². The summed E-state index contributed by atoms with van der Waals surface area (Å²) in [5.41, 5.74) is 4.86. The van der Waals surface area contributed by atoms with Gasteiger partial charge in [0.25, 0.3) is 0 Å². The molecule has 4 aromatic rings. The summed E-state index contributed by atoms with van der Waals surface area (Å²) >= 11 is 0. The number of imidazole rings is 1. The molecule has 1 saturated carbocycles. The third-order valence-electron chi connectivity index (χ3n) is 4.33. The van der Waals surface area contributed by atoms with Gasteiger partial charge in [-0.05, 0) is 25.0 Å². The average molecular weight is 301 g/mol. The normalized spacial score (nSPS) is 14.4. The second-order valence-electron chi connectivity index (χ2n) is 6.00. The van der Waals surface area contributed by atoms with Crippen LogP contribution >= 0.6 is 0 Å². The van der Waals surface area contributed by atoms with Crippen LogP contribution in [0, 0.1) is 0 Å². The summed E-state index contributed by atoms with van der Waals surface area (Å²) < 4.78 is 7.76. The van der Waals surface area contributed by atoms with E-state index < -0.39 is 0 Å². The molecule has 0 atom stereocenters. The molecular formula is C19H15N3O. The summed E-state index contributed by atoms with van der Waals surface area (Å²) in [5.74, 6) is 1.46. The summed E-state index contributed by atoms with van der Waals surface area (Å²) in [6.07, 6.45) is 6.41. The van der Waals surface area contributed by atoms with Crippen molar-refractivity contribution in [2.75, 3.05) is 0 Å². The molecule has 5 rings (SSSR count). The first-order chi connectivity index (χ1) is 11.4. The molecule has 4 heteroatoms. The van der Waals surface area contributed by atoms with Gasteiger partial charge in [0.15, 0.2) is 0 Å². The highest BCUT2D eigenvalue weighted by molar-refractivity contribution is 5.81. The topological polar surface area (TPSA) is 43.3 Å². The number of benzene rings is 1. The molecule has 0 aliphatic heterocycles. The van der Waals surface area contributed by atoms with Crippen molar-refractivity contribution in [3.63, 3.8) is 0 Å².